The molecule has 2 rings (SSSR count). The lowest BCUT2D eigenvalue weighted by molar-refractivity contribution is -0.0794. The Morgan fingerprint density at radius 2 is 2.27 bits per heavy atom. The largest absolute Gasteiger partial charge is 0.381 e. The van der Waals surface area contributed by atoms with Crippen molar-refractivity contribution in [3.63, 3.8) is 0 Å². The quantitative estimate of drug-likeness (QED) is 0.858. The summed E-state index contributed by atoms with van der Waals surface area (Å²) in [6.07, 6.45) is 1.39. The summed E-state index contributed by atoms with van der Waals surface area (Å²) in [7, 11) is 1.78. The zero-order valence-corrected chi connectivity index (χ0v) is 10.4. The summed E-state index contributed by atoms with van der Waals surface area (Å²) in [5, 5.41) is 4.34. The second kappa shape index (κ2) is 3.72. The van der Waals surface area contributed by atoms with Crippen molar-refractivity contribution in [2.24, 2.45) is 5.41 Å². The fourth-order valence-electron chi connectivity index (χ4n) is 2.04. The molecule has 1 N–H and O–H groups in total. The Balaban J connectivity index is 1.98. The lowest BCUT2D eigenvalue weighted by Gasteiger charge is -2.51. The zero-order chi connectivity index (χ0) is 11.1. The van der Waals surface area contributed by atoms with Crippen LogP contribution in [0.3, 0.4) is 0 Å². The first-order valence-electron chi connectivity index (χ1n) is 5.13. The van der Waals surface area contributed by atoms with E-state index >= 15 is 0 Å². The standard InChI is InChI=1S/C10H17N3OS/c1-6-11-9(15-13-6)12-7-5-8(14-4)10(7,2)3/h7-8H,5H2,1-4H3,(H,11,12,13). The lowest BCUT2D eigenvalue weighted by Crippen LogP contribution is -2.57. The Morgan fingerprint density at radius 3 is 2.73 bits per heavy atom. The predicted octanol–water partition coefficient (Wildman–Crippen LogP) is 2.07. The maximum absolute atomic E-state index is 5.40. The minimum absolute atomic E-state index is 0.175. The van der Waals surface area contributed by atoms with Gasteiger partial charge in [0.15, 0.2) is 0 Å². The smallest absolute Gasteiger partial charge is 0.202 e. The minimum Gasteiger partial charge on any atom is -0.381 e. The van der Waals surface area contributed by atoms with Crippen molar-refractivity contribution in [2.45, 2.75) is 39.3 Å². The Kier molecular flexibility index (Phi) is 2.68. The predicted molar refractivity (Wildman–Crippen MR) is 61.3 cm³/mol. The number of rotatable bonds is 3. The third-order valence-electron chi connectivity index (χ3n) is 3.29. The van der Waals surface area contributed by atoms with Gasteiger partial charge in [-0.15, -0.1) is 0 Å². The fourth-order valence-corrected chi connectivity index (χ4v) is 2.66. The third kappa shape index (κ3) is 1.86. The molecule has 5 heteroatoms. The molecule has 2 atom stereocenters. The summed E-state index contributed by atoms with van der Waals surface area (Å²) in [4.78, 5) is 4.30. The van der Waals surface area contributed by atoms with E-state index in [1.54, 1.807) is 7.11 Å². The molecule has 1 fully saturated rings. The number of anilines is 1. The van der Waals surface area contributed by atoms with Crippen LogP contribution in [-0.4, -0.2) is 28.6 Å². The number of aryl methyl sites for hydroxylation is 1. The second-order valence-electron chi connectivity index (χ2n) is 4.63. The van der Waals surface area contributed by atoms with Gasteiger partial charge in [0.2, 0.25) is 5.13 Å². The molecule has 0 saturated heterocycles. The summed E-state index contributed by atoms with van der Waals surface area (Å²) in [5.41, 5.74) is 0.175. The Labute approximate surface area is 94.2 Å². The van der Waals surface area contributed by atoms with Gasteiger partial charge in [-0.1, -0.05) is 13.8 Å². The van der Waals surface area contributed by atoms with E-state index in [0.717, 1.165) is 17.4 Å². The SMILES string of the molecule is COC1CC(Nc2nc(C)ns2)C1(C)C. The van der Waals surface area contributed by atoms with Crippen molar-refractivity contribution in [2.75, 3.05) is 12.4 Å². The monoisotopic (exact) mass is 227 g/mol. The number of nitrogens with one attached hydrogen (secondary N) is 1. The number of nitrogens with zero attached hydrogens (tertiary/aromatic N) is 2. The molecule has 0 aromatic carbocycles. The molecule has 1 aromatic heterocycles. The van der Waals surface area contributed by atoms with Crippen LogP contribution in [0.15, 0.2) is 0 Å². The zero-order valence-electron chi connectivity index (χ0n) is 9.57. The van der Waals surface area contributed by atoms with Gasteiger partial charge in [-0.2, -0.15) is 4.37 Å². The van der Waals surface area contributed by atoms with Crippen LogP contribution in [0.25, 0.3) is 0 Å². The minimum atomic E-state index is 0.175. The van der Waals surface area contributed by atoms with Gasteiger partial charge in [-0.25, -0.2) is 4.98 Å². The van der Waals surface area contributed by atoms with Crippen LogP contribution in [0.5, 0.6) is 0 Å². The van der Waals surface area contributed by atoms with E-state index in [9.17, 15) is 0 Å². The van der Waals surface area contributed by atoms with Crippen LogP contribution >= 0.6 is 11.5 Å². The maximum atomic E-state index is 5.40. The van der Waals surface area contributed by atoms with Crippen LogP contribution < -0.4 is 5.32 Å². The van der Waals surface area contributed by atoms with Gasteiger partial charge in [0.25, 0.3) is 0 Å². The van der Waals surface area contributed by atoms with Crippen molar-refractivity contribution < 1.29 is 4.74 Å². The first-order chi connectivity index (χ1) is 7.04. The highest BCUT2D eigenvalue weighted by atomic mass is 32.1. The molecule has 84 valence electrons. The van der Waals surface area contributed by atoms with Crippen LogP contribution in [-0.2, 0) is 4.74 Å². The van der Waals surface area contributed by atoms with E-state index in [1.165, 1.54) is 11.5 Å². The van der Waals surface area contributed by atoms with Gasteiger partial charge >= 0.3 is 0 Å². The van der Waals surface area contributed by atoms with Crippen LogP contribution in [0.2, 0.25) is 0 Å². The van der Waals surface area contributed by atoms with Gasteiger partial charge in [0.1, 0.15) is 5.82 Å². The highest BCUT2D eigenvalue weighted by Crippen LogP contribution is 2.44. The Morgan fingerprint density at radius 1 is 1.53 bits per heavy atom. The van der Waals surface area contributed by atoms with Gasteiger partial charge in [-0.3, -0.25) is 0 Å². The molecule has 15 heavy (non-hydrogen) atoms. The number of hydrogen-bond acceptors (Lipinski definition) is 5. The molecule has 0 bridgehead atoms. The summed E-state index contributed by atoms with van der Waals surface area (Å²) < 4.78 is 9.55. The molecular formula is C10H17N3OS. The molecule has 0 spiro atoms. The number of hydrogen-bond donors (Lipinski definition) is 1. The molecule has 0 radical (unpaired) electrons. The summed E-state index contributed by atoms with van der Waals surface area (Å²) in [5.74, 6) is 0.836. The fraction of sp³-hybridized carbons (Fsp3) is 0.800. The van der Waals surface area contributed by atoms with Crippen molar-refractivity contribution in [1.29, 1.82) is 0 Å². The van der Waals surface area contributed by atoms with E-state index in [4.69, 9.17) is 4.74 Å². The van der Waals surface area contributed by atoms with Gasteiger partial charge in [0.05, 0.1) is 6.10 Å². The van der Waals surface area contributed by atoms with Gasteiger partial charge in [-0.05, 0) is 13.3 Å². The highest BCUT2D eigenvalue weighted by Gasteiger charge is 2.48. The van der Waals surface area contributed by atoms with Crippen LogP contribution in [0.1, 0.15) is 26.1 Å². The number of ether oxygens (including phenoxy) is 1. The van der Waals surface area contributed by atoms with E-state index in [0.29, 0.717) is 12.1 Å². The molecule has 1 aliphatic carbocycles. The van der Waals surface area contributed by atoms with Crippen LogP contribution in [0, 0.1) is 12.3 Å². The lowest BCUT2D eigenvalue weighted by atomic mass is 9.64. The molecule has 0 amide bonds. The molecule has 1 saturated carbocycles. The highest BCUT2D eigenvalue weighted by molar-refractivity contribution is 7.09. The molecule has 1 aromatic rings. The summed E-state index contributed by atoms with van der Waals surface area (Å²) >= 11 is 1.42. The molecule has 1 heterocycles. The molecule has 0 aliphatic heterocycles. The maximum Gasteiger partial charge on any atom is 0.202 e. The molecular weight excluding hydrogens is 210 g/mol. The molecule has 4 nitrogen and oxygen atoms in total. The molecule has 2 unspecified atom stereocenters. The topological polar surface area (TPSA) is 47.0 Å². The Bertz CT molecular complexity index is 350. The van der Waals surface area contributed by atoms with Crippen molar-refractivity contribution in [1.82, 2.24) is 9.36 Å². The van der Waals surface area contributed by atoms with Gasteiger partial charge in [0, 0.05) is 30.1 Å². The van der Waals surface area contributed by atoms with Crippen molar-refractivity contribution >= 4 is 16.7 Å². The van der Waals surface area contributed by atoms with Gasteiger partial charge < -0.3 is 10.1 Å². The average Bonchev–Trinajstić information content (AvgIpc) is 2.58. The summed E-state index contributed by atoms with van der Waals surface area (Å²) in [6, 6.07) is 0.440. The van der Waals surface area contributed by atoms with E-state index in [2.05, 4.69) is 28.5 Å². The summed E-state index contributed by atoms with van der Waals surface area (Å²) in [6.45, 7) is 6.35. The normalized spacial score (nSPS) is 28.5. The van der Waals surface area contributed by atoms with E-state index in [-0.39, 0.29) is 5.41 Å². The first kappa shape index (κ1) is 10.8. The Hall–Kier alpha value is -0.680. The van der Waals surface area contributed by atoms with Crippen molar-refractivity contribution in [3.05, 3.63) is 5.82 Å². The average molecular weight is 227 g/mol. The van der Waals surface area contributed by atoms with Crippen molar-refractivity contribution in [3.8, 4) is 0 Å². The van der Waals surface area contributed by atoms with E-state index in [1.807, 2.05) is 6.92 Å². The number of aromatic nitrogens is 2. The number of methoxy groups -OCH3 is 1. The second-order valence-corrected chi connectivity index (χ2v) is 5.38. The van der Waals surface area contributed by atoms with E-state index < -0.39 is 0 Å². The first-order valence-corrected chi connectivity index (χ1v) is 5.91. The van der Waals surface area contributed by atoms with Crippen LogP contribution in [0.4, 0.5) is 5.13 Å². The third-order valence-corrected chi connectivity index (χ3v) is 4.03. The molecule has 1 aliphatic rings.